The fourth-order valence-electron chi connectivity index (χ4n) is 3.72. The van der Waals surface area contributed by atoms with Crippen molar-refractivity contribution in [1.29, 1.82) is 0 Å². The van der Waals surface area contributed by atoms with Crippen LogP contribution in [-0.2, 0) is 17.4 Å². The lowest BCUT2D eigenvalue weighted by Crippen LogP contribution is -2.38. The maximum absolute atomic E-state index is 13.3. The van der Waals surface area contributed by atoms with E-state index in [1.165, 1.54) is 17.0 Å². The molecule has 168 valence electrons. The molecule has 1 amide bonds. The number of ether oxygens (including phenoxy) is 1. The summed E-state index contributed by atoms with van der Waals surface area (Å²) < 4.78 is 20.5. The number of β-amino-alcohol motifs (C(OH)–C–C–N with tert-alkyl or cyclic N) is 1. The summed E-state index contributed by atoms with van der Waals surface area (Å²) in [5, 5.41) is 24.6. The topological polar surface area (TPSA) is 93.4 Å². The first-order valence-corrected chi connectivity index (χ1v) is 10.4. The predicted molar refractivity (Wildman–Crippen MR) is 116 cm³/mol. The Morgan fingerprint density at radius 2 is 1.88 bits per heavy atom. The Hall–Kier alpha value is -3.33. The lowest BCUT2D eigenvalue weighted by molar-refractivity contribution is 0.0125. The van der Waals surface area contributed by atoms with Gasteiger partial charge in [0.1, 0.15) is 22.7 Å². The van der Waals surface area contributed by atoms with Crippen LogP contribution in [0.2, 0.25) is 0 Å². The van der Waals surface area contributed by atoms with Crippen LogP contribution in [-0.4, -0.2) is 54.8 Å². The number of nitrogens with zero attached hydrogens (tertiary/aromatic N) is 5. The number of amides is 1. The van der Waals surface area contributed by atoms with Gasteiger partial charge in [0, 0.05) is 37.3 Å². The van der Waals surface area contributed by atoms with Gasteiger partial charge in [-0.05, 0) is 57.2 Å². The van der Waals surface area contributed by atoms with Crippen LogP contribution in [0, 0.1) is 5.82 Å². The van der Waals surface area contributed by atoms with Crippen LogP contribution in [0.5, 0.6) is 0 Å². The van der Waals surface area contributed by atoms with E-state index in [4.69, 9.17) is 4.74 Å². The quantitative estimate of drug-likeness (QED) is 0.671. The molecule has 0 aliphatic carbocycles. The number of aromatic nitrogens is 4. The molecule has 1 unspecified atom stereocenters. The number of halogens is 1. The molecule has 0 spiro atoms. The van der Waals surface area contributed by atoms with Crippen LogP contribution in [0.4, 0.5) is 9.18 Å². The zero-order chi connectivity index (χ0) is 23.1. The third-order valence-electron chi connectivity index (χ3n) is 5.26. The van der Waals surface area contributed by atoms with Gasteiger partial charge in [-0.3, -0.25) is 4.68 Å². The Balaban J connectivity index is 1.72. The van der Waals surface area contributed by atoms with Gasteiger partial charge in [-0.15, -0.1) is 0 Å². The van der Waals surface area contributed by atoms with Crippen molar-refractivity contribution >= 4 is 6.09 Å². The third-order valence-corrected chi connectivity index (χ3v) is 5.26. The molecular weight excluding hydrogens is 413 g/mol. The van der Waals surface area contributed by atoms with E-state index in [9.17, 15) is 14.3 Å². The molecule has 1 aliphatic rings. The van der Waals surface area contributed by atoms with Crippen molar-refractivity contribution in [3.8, 4) is 22.5 Å². The predicted octanol–water partition coefficient (Wildman–Crippen LogP) is 3.51. The molecule has 1 aromatic carbocycles. The largest absolute Gasteiger partial charge is 0.444 e. The first-order chi connectivity index (χ1) is 15.0. The third kappa shape index (κ3) is 4.47. The van der Waals surface area contributed by atoms with Gasteiger partial charge in [0.15, 0.2) is 0 Å². The van der Waals surface area contributed by atoms with Crippen molar-refractivity contribution in [2.75, 3.05) is 13.1 Å². The van der Waals surface area contributed by atoms with Crippen molar-refractivity contribution < 1.29 is 19.0 Å². The van der Waals surface area contributed by atoms with Crippen LogP contribution in [0.25, 0.3) is 22.5 Å². The molecule has 0 bridgehead atoms. The van der Waals surface area contributed by atoms with Crippen molar-refractivity contribution in [3.63, 3.8) is 0 Å². The molecule has 0 radical (unpaired) electrons. The van der Waals surface area contributed by atoms with E-state index < -0.39 is 17.3 Å². The summed E-state index contributed by atoms with van der Waals surface area (Å²) in [6.07, 6.45) is 1.60. The van der Waals surface area contributed by atoms with E-state index >= 15 is 0 Å². The molecule has 3 aromatic rings. The maximum Gasteiger partial charge on any atom is 0.410 e. The summed E-state index contributed by atoms with van der Waals surface area (Å²) in [7, 11) is 1.80. The van der Waals surface area contributed by atoms with E-state index in [0.29, 0.717) is 34.8 Å². The summed E-state index contributed by atoms with van der Waals surface area (Å²) in [6.45, 7) is 5.75. The Morgan fingerprint density at radius 1 is 1.16 bits per heavy atom. The first kappa shape index (κ1) is 21.9. The Kier molecular flexibility index (Phi) is 5.46. The maximum atomic E-state index is 13.3. The number of hydrogen-bond acceptors (Lipinski definition) is 6. The summed E-state index contributed by atoms with van der Waals surface area (Å²) in [4.78, 5) is 14.0. The molecule has 1 atom stereocenters. The molecule has 4 rings (SSSR count). The van der Waals surface area contributed by atoms with Crippen molar-refractivity contribution in [1.82, 2.24) is 24.9 Å². The monoisotopic (exact) mass is 439 g/mol. The van der Waals surface area contributed by atoms with Gasteiger partial charge in [-0.25, -0.2) is 9.18 Å². The normalized spacial score (nSPS) is 18.8. The smallest absolute Gasteiger partial charge is 0.410 e. The molecule has 1 aliphatic heterocycles. The minimum Gasteiger partial charge on any atom is -0.444 e. The van der Waals surface area contributed by atoms with Crippen molar-refractivity contribution in [3.05, 3.63) is 54.1 Å². The number of carbonyl (C=O) groups is 1. The number of aliphatic hydroxyl groups is 1. The Bertz CT molecular complexity index is 1140. The first-order valence-electron chi connectivity index (χ1n) is 10.4. The molecule has 8 nitrogen and oxygen atoms in total. The van der Waals surface area contributed by atoms with Gasteiger partial charge in [-0.2, -0.15) is 15.3 Å². The van der Waals surface area contributed by atoms with Crippen LogP contribution in [0.1, 0.15) is 32.9 Å². The van der Waals surface area contributed by atoms with Crippen LogP contribution in [0.3, 0.4) is 0 Å². The summed E-state index contributed by atoms with van der Waals surface area (Å²) in [6, 6.07) is 9.56. The number of benzene rings is 1. The van der Waals surface area contributed by atoms with Gasteiger partial charge in [-0.1, -0.05) is 0 Å². The van der Waals surface area contributed by atoms with Crippen molar-refractivity contribution in [2.45, 2.75) is 38.4 Å². The number of hydrogen-bond donors (Lipinski definition) is 1. The second-order valence-electron chi connectivity index (χ2n) is 9.06. The van der Waals surface area contributed by atoms with Gasteiger partial charge >= 0.3 is 6.09 Å². The summed E-state index contributed by atoms with van der Waals surface area (Å²) >= 11 is 0. The van der Waals surface area contributed by atoms with E-state index in [-0.39, 0.29) is 18.8 Å². The summed E-state index contributed by atoms with van der Waals surface area (Å²) in [5.74, 6) is -0.342. The van der Waals surface area contributed by atoms with Crippen LogP contribution < -0.4 is 0 Å². The van der Waals surface area contributed by atoms with E-state index in [0.717, 1.165) is 0 Å². The lowest BCUT2D eigenvalue weighted by Gasteiger charge is -2.27. The zero-order valence-corrected chi connectivity index (χ0v) is 18.5. The second-order valence-corrected chi connectivity index (χ2v) is 9.06. The highest BCUT2D eigenvalue weighted by atomic mass is 19.1. The van der Waals surface area contributed by atoms with Gasteiger partial charge in [0.2, 0.25) is 0 Å². The van der Waals surface area contributed by atoms with Crippen LogP contribution >= 0.6 is 0 Å². The average Bonchev–Trinajstić information content (AvgIpc) is 3.34. The molecule has 1 saturated heterocycles. The Labute approximate surface area is 185 Å². The van der Waals surface area contributed by atoms with E-state index in [1.54, 1.807) is 56.9 Å². The molecule has 9 heteroatoms. The lowest BCUT2D eigenvalue weighted by atomic mass is 9.92. The molecule has 32 heavy (non-hydrogen) atoms. The number of likely N-dealkylation sites (tertiary alicyclic amines) is 1. The van der Waals surface area contributed by atoms with Gasteiger partial charge in [0.05, 0.1) is 17.9 Å². The fraction of sp³-hybridized carbons (Fsp3) is 0.391. The number of carbonyl (C=O) groups excluding carboxylic acids is 1. The van der Waals surface area contributed by atoms with Gasteiger partial charge < -0.3 is 14.7 Å². The fourth-order valence-corrected chi connectivity index (χ4v) is 3.72. The molecule has 2 aromatic heterocycles. The highest BCUT2D eigenvalue weighted by Crippen LogP contribution is 2.38. The molecule has 1 N–H and O–H groups in total. The van der Waals surface area contributed by atoms with E-state index in [1.807, 2.05) is 6.07 Å². The van der Waals surface area contributed by atoms with Crippen LogP contribution in [0.15, 0.2) is 42.6 Å². The molecular formula is C23H26FN5O3. The van der Waals surface area contributed by atoms with E-state index in [2.05, 4.69) is 15.3 Å². The average molecular weight is 439 g/mol. The number of aryl methyl sites for hydroxylation is 1. The molecule has 0 saturated carbocycles. The minimum atomic E-state index is -1.40. The minimum absolute atomic E-state index is 0.0340. The van der Waals surface area contributed by atoms with Crippen molar-refractivity contribution in [2.24, 2.45) is 7.05 Å². The Morgan fingerprint density at radius 3 is 2.50 bits per heavy atom. The highest BCUT2D eigenvalue weighted by Gasteiger charge is 2.44. The number of rotatable bonds is 3. The SMILES string of the molecule is Cn1ccc(-c2cc(-c3ccc(F)cc3)nnc2C2(O)CCN(C(=O)OC(C)(C)C)C2)n1. The molecule has 3 heterocycles. The summed E-state index contributed by atoms with van der Waals surface area (Å²) in [5.41, 5.74) is 0.744. The standard InChI is InChI=1S/C23H26FN5O3/c1-22(2,3)32-21(30)29-12-10-23(31,14-29)20-17(18-9-11-28(4)27-18)13-19(25-26-20)15-5-7-16(24)8-6-15/h5-9,11,13,31H,10,12,14H2,1-4H3. The molecule has 1 fully saturated rings. The van der Waals surface area contributed by atoms with Gasteiger partial charge in [0.25, 0.3) is 0 Å². The second kappa shape index (κ2) is 7.98. The highest BCUT2D eigenvalue weighted by molar-refractivity contribution is 5.72. The zero-order valence-electron chi connectivity index (χ0n) is 18.5.